The normalized spacial score (nSPS) is 16.5. The first-order valence-corrected chi connectivity index (χ1v) is 11.4. The topological polar surface area (TPSA) is 85.2 Å². The van der Waals surface area contributed by atoms with Gasteiger partial charge in [-0.15, -0.1) is 0 Å². The number of amides is 1. The quantitative estimate of drug-likeness (QED) is 0.516. The minimum atomic E-state index is -0.690. The maximum absolute atomic E-state index is 12.4. The molecule has 2 rings (SSSR count). The molecule has 1 aromatic carbocycles. The lowest BCUT2D eigenvalue weighted by Gasteiger charge is -2.16. The van der Waals surface area contributed by atoms with E-state index in [1.807, 2.05) is 39.0 Å². The van der Waals surface area contributed by atoms with Gasteiger partial charge in [-0.1, -0.05) is 32.5 Å². The van der Waals surface area contributed by atoms with Gasteiger partial charge >= 0.3 is 5.97 Å². The van der Waals surface area contributed by atoms with Gasteiger partial charge in [0, 0.05) is 6.42 Å². The molecule has 6 nitrogen and oxygen atoms in total. The highest BCUT2D eigenvalue weighted by molar-refractivity contribution is 8.18. The minimum Gasteiger partial charge on any atom is -0.506 e. The number of ether oxygens (including phenoxy) is 2. The summed E-state index contributed by atoms with van der Waals surface area (Å²) in [6.45, 7) is 12.4. The largest absolute Gasteiger partial charge is 0.506 e. The van der Waals surface area contributed by atoms with E-state index in [4.69, 9.17) is 9.47 Å². The van der Waals surface area contributed by atoms with Gasteiger partial charge in [0.05, 0.1) is 18.1 Å². The second-order valence-electron chi connectivity index (χ2n) is 7.45. The van der Waals surface area contributed by atoms with Gasteiger partial charge in [0.1, 0.15) is 22.1 Å². The molecule has 0 fully saturated rings. The van der Waals surface area contributed by atoms with Crippen LogP contribution in [0.5, 0.6) is 5.75 Å². The van der Waals surface area contributed by atoms with Crippen molar-refractivity contribution in [2.24, 2.45) is 4.99 Å². The number of aliphatic hydroxyl groups is 1. The average molecular weight is 446 g/mol. The fourth-order valence-electron chi connectivity index (χ4n) is 3.12. The molecule has 168 valence electrons. The lowest BCUT2D eigenvalue weighted by Crippen LogP contribution is -2.14. The second-order valence-corrected chi connectivity index (χ2v) is 8.48. The van der Waals surface area contributed by atoms with Crippen LogP contribution in [0.3, 0.4) is 0 Å². The van der Waals surface area contributed by atoms with Gasteiger partial charge in [-0.2, -0.15) is 0 Å². The molecule has 7 heteroatoms. The molecule has 1 aliphatic heterocycles. The summed E-state index contributed by atoms with van der Waals surface area (Å²) in [5, 5.41) is 11.0. The Morgan fingerprint density at radius 2 is 1.90 bits per heavy atom. The number of thioether (sulfide) groups is 1. The smallest absolute Gasteiger partial charge is 0.344 e. The average Bonchev–Trinajstić information content (AvgIpc) is 2.99. The molecule has 0 saturated carbocycles. The van der Waals surface area contributed by atoms with E-state index in [1.165, 1.54) is 0 Å². The van der Waals surface area contributed by atoms with Crippen LogP contribution in [-0.2, 0) is 14.3 Å². The van der Waals surface area contributed by atoms with Crippen LogP contribution in [-0.4, -0.2) is 35.2 Å². The van der Waals surface area contributed by atoms with Crippen molar-refractivity contribution >= 4 is 34.8 Å². The highest BCUT2D eigenvalue weighted by atomic mass is 32.2. The van der Waals surface area contributed by atoms with Crippen molar-refractivity contribution in [1.29, 1.82) is 0 Å². The fourth-order valence-corrected chi connectivity index (χ4v) is 4.14. The highest BCUT2D eigenvalue weighted by Crippen LogP contribution is 2.40. The Balaban J connectivity index is 2.56. The summed E-state index contributed by atoms with van der Waals surface area (Å²) >= 11 is 1.10. The summed E-state index contributed by atoms with van der Waals surface area (Å²) in [7, 11) is 0. The first kappa shape index (κ1) is 24.7. The van der Waals surface area contributed by atoms with Crippen LogP contribution >= 0.6 is 11.8 Å². The van der Waals surface area contributed by atoms with Gasteiger partial charge in [-0.25, -0.2) is 9.79 Å². The molecule has 1 heterocycles. The lowest BCUT2D eigenvalue weighted by molar-refractivity contribution is -0.138. The van der Waals surface area contributed by atoms with E-state index in [1.54, 1.807) is 6.92 Å². The van der Waals surface area contributed by atoms with Gasteiger partial charge in [-0.3, -0.25) is 4.79 Å². The van der Waals surface area contributed by atoms with Gasteiger partial charge < -0.3 is 14.6 Å². The van der Waals surface area contributed by atoms with Crippen LogP contribution in [0.15, 0.2) is 33.4 Å². The van der Waals surface area contributed by atoms with Crippen LogP contribution in [0.2, 0.25) is 0 Å². The Kier molecular flexibility index (Phi) is 8.92. The van der Waals surface area contributed by atoms with Gasteiger partial charge in [0.25, 0.3) is 0 Å². The fraction of sp³-hybridized carbons (Fsp3) is 0.458. The third-order valence-electron chi connectivity index (χ3n) is 4.67. The minimum absolute atomic E-state index is 0.0600. The van der Waals surface area contributed by atoms with Crippen molar-refractivity contribution in [2.75, 3.05) is 13.2 Å². The van der Waals surface area contributed by atoms with Crippen LogP contribution in [0, 0.1) is 6.92 Å². The third-order valence-corrected chi connectivity index (χ3v) is 5.69. The van der Waals surface area contributed by atoms with Crippen LogP contribution in [0.1, 0.15) is 70.1 Å². The zero-order chi connectivity index (χ0) is 23.1. The second kappa shape index (κ2) is 11.2. The molecule has 0 saturated heterocycles. The number of aliphatic imine (C=N–C) groups is 1. The van der Waals surface area contributed by atoms with E-state index in [0.29, 0.717) is 17.9 Å². The Labute approximate surface area is 188 Å². The van der Waals surface area contributed by atoms with Crippen molar-refractivity contribution in [3.05, 3.63) is 45.1 Å². The van der Waals surface area contributed by atoms with Crippen molar-refractivity contribution in [3.63, 3.8) is 0 Å². The summed E-state index contributed by atoms with van der Waals surface area (Å²) in [5.74, 6) is -0.148. The number of esters is 1. The maximum atomic E-state index is 12.4. The standard InChI is InChI=1S/C24H31NO5S/c1-7-10-20(26)25-23-21(24(28)30-9-3)22(27)19(31-23)13-16-12-17(14(4)5)18(29-8-2)11-15(16)6/h11-14,27H,7-10H2,1-6H3/b19-13-,25-23?. The molecular formula is C24H31NO5S. The van der Waals surface area contributed by atoms with E-state index < -0.39 is 5.97 Å². The number of hydrogen-bond acceptors (Lipinski definition) is 6. The van der Waals surface area contributed by atoms with Crippen molar-refractivity contribution in [2.45, 2.75) is 60.3 Å². The number of aryl methyl sites for hydroxylation is 1. The molecule has 1 amide bonds. The van der Waals surface area contributed by atoms with Gasteiger partial charge in [0.2, 0.25) is 5.91 Å². The number of hydrogen-bond donors (Lipinski definition) is 1. The Hall–Kier alpha value is -2.54. The lowest BCUT2D eigenvalue weighted by atomic mass is 9.96. The van der Waals surface area contributed by atoms with Gasteiger partial charge in [-0.05, 0) is 68.0 Å². The zero-order valence-electron chi connectivity index (χ0n) is 19.1. The summed E-state index contributed by atoms with van der Waals surface area (Å²) in [4.78, 5) is 29.0. The molecule has 0 atom stereocenters. The molecule has 0 bridgehead atoms. The van der Waals surface area contributed by atoms with Crippen molar-refractivity contribution in [3.8, 4) is 5.75 Å². The van der Waals surface area contributed by atoms with Crippen LogP contribution in [0.25, 0.3) is 6.08 Å². The number of rotatable bonds is 8. The predicted octanol–water partition coefficient (Wildman–Crippen LogP) is 5.71. The first-order valence-electron chi connectivity index (χ1n) is 10.6. The molecule has 0 unspecified atom stereocenters. The molecule has 0 aromatic heterocycles. The van der Waals surface area contributed by atoms with Gasteiger partial charge in [0.15, 0.2) is 0 Å². The maximum Gasteiger partial charge on any atom is 0.344 e. The monoisotopic (exact) mass is 445 g/mol. The number of nitrogens with zero attached hydrogens (tertiary/aromatic N) is 1. The Morgan fingerprint density at radius 3 is 2.48 bits per heavy atom. The molecule has 1 N–H and O–H groups in total. The number of aliphatic hydroxyl groups excluding tert-OH is 1. The molecule has 1 aliphatic rings. The molecule has 1 aromatic rings. The highest BCUT2D eigenvalue weighted by Gasteiger charge is 2.33. The Bertz CT molecular complexity index is 944. The van der Waals surface area contributed by atoms with E-state index in [9.17, 15) is 14.7 Å². The predicted molar refractivity (Wildman–Crippen MR) is 126 cm³/mol. The van der Waals surface area contributed by atoms with Crippen molar-refractivity contribution < 1.29 is 24.2 Å². The summed E-state index contributed by atoms with van der Waals surface area (Å²) in [6.07, 6.45) is 2.73. The van der Waals surface area contributed by atoms with E-state index >= 15 is 0 Å². The summed E-state index contributed by atoms with van der Waals surface area (Å²) in [6, 6.07) is 4.02. The Morgan fingerprint density at radius 1 is 1.19 bits per heavy atom. The number of carbonyl (C=O) groups excluding carboxylic acids is 2. The van der Waals surface area contributed by atoms with E-state index in [2.05, 4.69) is 18.8 Å². The molecular weight excluding hydrogens is 414 g/mol. The number of carbonyl (C=O) groups is 2. The molecule has 0 radical (unpaired) electrons. The molecule has 0 spiro atoms. The van der Waals surface area contributed by atoms with E-state index in [0.717, 1.165) is 34.2 Å². The van der Waals surface area contributed by atoms with Crippen LogP contribution in [0.4, 0.5) is 0 Å². The third kappa shape index (κ3) is 6.00. The summed E-state index contributed by atoms with van der Waals surface area (Å²) in [5.41, 5.74) is 2.86. The summed E-state index contributed by atoms with van der Waals surface area (Å²) < 4.78 is 10.9. The van der Waals surface area contributed by atoms with E-state index in [-0.39, 0.29) is 41.2 Å². The molecule has 31 heavy (non-hydrogen) atoms. The SMILES string of the molecule is CCCC(=O)N=C1S/C(=C\c2cc(C(C)C)c(OCC)cc2C)C(O)=C1C(=O)OCC. The van der Waals surface area contributed by atoms with Crippen molar-refractivity contribution in [1.82, 2.24) is 0 Å². The zero-order valence-corrected chi connectivity index (χ0v) is 19.9. The first-order chi connectivity index (χ1) is 14.7. The number of benzene rings is 1. The van der Waals surface area contributed by atoms with Crippen LogP contribution < -0.4 is 4.74 Å². The molecule has 0 aliphatic carbocycles.